The molecule has 1 saturated carbocycles. The van der Waals surface area contributed by atoms with Gasteiger partial charge in [-0.05, 0) is 12.8 Å². The molecule has 3 heterocycles. The van der Waals surface area contributed by atoms with Crippen molar-refractivity contribution in [3.8, 4) is 11.5 Å². The van der Waals surface area contributed by atoms with Gasteiger partial charge in [0.2, 0.25) is 0 Å². The van der Waals surface area contributed by atoms with Gasteiger partial charge >= 0.3 is 0 Å². The molecule has 0 aromatic carbocycles. The zero-order valence-corrected chi connectivity index (χ0v) is 11.3. The summed E-state index contributed by atoms with van der Waals surface area (Å²) in [5, 5.41) is 3.44. The summed E-state index contributed by atoms with van der Waals surface area (Å²) in [5.41, 5.74) is 4.54. The van der Waals surface area contributed by atoms with Crippen LogP contribution in [0.15, 0.2) is 18.6 Å². The monoisotopic (exact) mass is 267 g/mol. The molecule has 20 heavy (non-hydrogen) atoms. The summed E-state index contributed by atoms with van der Waals surface area (Å²) in [6.45, 7) is 1.90. The van der Waals surface area contributed by atoms with Crippen molar-refractivity contribution in [1.29, 1.82) is 0 Å². The van der Waals surface area contributed by atoms with Gasteiger partial charge in [0.05, 0.1) is 17.6 Å². The summed E-state index contributed by atoms with van der Waals surface area (Å²) in [4.78, 5) is 18.0. The molecule has 102 valence electrons. The molecule has 0 atom stereocenters. The third-order valence-electron chi connectivity index (χ3n) is 4.25. The molecule has 5 nitrogen and oxygen atoms in total. The van der Waals surface area contributed by atoms with E-state index in [2.05, 4.69) is 15.3 Å². The molecule has 0 unspecified atom stereocenters. The minimum atomic E-state index is 0.613. The first-order chi connectivity index (χ1) is 9.92. The zero-order chi connectivity index (χ0) is 13.4. The average molecular weight is 267 g/mol. The van der Waals surface area contributed by atoms with Crippen LogP contribution >= 0.6 is 0 Å². The van der Waals surface area contributed by atoms with Gasteiger partial charge in [-0.25, -0.2) is 15.0 Å². The lowest BCUT2D eigenvalue weighted by Gasteiger charge is -2.29. The maximum atomic E-state index is 4.82. The fourth-order valence-electron chi connectivity index (χ4n) is 2.92. The van der Waals surface area contributed by atoms with Crippen molar-refractivity contribution >= 4 is 0 Å². The Bertz CT molecular complexity index is 622. The van der Waals surface area contributed by atoms with Gasteiger partial charge in [0.1, 0.15) is 5.69 Å². The van der Waals surface area contributed by atoms with E-state index < -0.39 is 0 Å². The Morgan fingerprint density at radius 2 is 2.10 bits per heavy atom. The second kappa shape index (κ2) is 4.90. The summed E-state index contributed by atoms with van der Waals surface area (Å²) in [7, 11) is 0. The lowest BCUT2D eigenvalue weighted by atomic mass is 9.80. The van der Waals surface area contributed by atoms with Crippen LogP contribution < -0.4 is 5.32 Å². The van der Waals surface area contributed by atoms with E-state index in [-0.39, 0.29) is 0 Å². The Kier molecular flexibility index (Phi) is 2.92. The fraction of sp³-hybridized carbons (Fsp3) is 0.467. The Morgan fingerprint density at radius 3 is 2.85 bits per heavy atom. The average Bonchev–Trinajstić information content (AvgIpc) is 2.46. The predicted octanol–water partition coefficient (Wildman–Crippen LogP) is 1.85. The van der Waals surface area contributed by atoms with Crippen LogP contribution in [-0.2, 0) is 13.0 Å². The van der Waals surface area contributed by atoms with Crippen LogP contribution in [0.25, 0.3) is 11.5 Å². The van der Waals surface area contributed by atoms with Crippen LogP contribution in [0.1, 0.15) is 42.1 Å². The van der Waals surface area contributed by atoms with Crippen LogP contribution in [0.4, 0.5) is 0 Å². The van der Waals surface area contributed by atoms with Crippen LogP contribution in [0.3, 0.4) is 0 Å². The van der Waals surface area contributed by atoms with Gasteiger partial charge in [0.25, 0.3) is 0 Å². The first-order valence-corrected chi connectivity index (χ1v) is 7.28. The number of rotatable bonds is 2. The molecule has 0 saturated heterocycles. The standard InChI is InChI=1S/C15H17N5/c1-2-10(3-1)14-11-8-16-5-4-12(11)19-15(20-14)13-9-17-6-7-18-13/h6-7,9-10,16H,1-5,8H2. The number of nitrogens with one attached hydrogen (secondary N) is 1. The van der Waals surface area contributed by atoms with E-state index in [9.17, 15) is 0 Å². The van der Waals surface area contributed by atoms with Gasteiger partial charge in [0, 0.05) is 43.4 Å². The molecule has 2 aliphatic rings. The molecule has 4 rings (SSSR count). The maximum absolute atomic E-state index is 4.82. The number of aromatic nitrogens is 4. The second-order valence-corrected chi connectivity index (χ2v) is 5.50. The van der Waals surface area contributed by atoms with E-state index in [1.807, 2.05) is 0 Å². The van der Waals surface area contributed by atoms with E-state index in [0.29, 0.717) is 5.92 Å². The number of fused-ring (bicyclic) bond motifs is 1. The number of hydrogen-bond acceptors (Lipinski definition) is 5. The van der Waals surface area contributed by atoms with Gasteiger partial charge in [-0.3, -0.25) is 4.98 Å². The summed E-state index contributed by atoms with van der Waals surface area (Å²) in [6, 6.07) is 0. The van der Waals surface area contributed by atoms with Gasteiger partial charge in [-0.2, -0.15) is 0 Å². The first kappa shape index (κ1) is 11.9. The summed E-state index contributed by atoms with van der Waals surface area (Å²) in [6.07, 6.45) is 9.92. The molecule has 1 fully saturated rings. The zero-order valence-electron chi connectivity index (χ0n) is 11.3. The largest absolute Gasteiger partial charge is 0.312 e. The SMILES string of the molecule is c1cnc(-c2nc3c(c(C4CCC4)n2)CNCC3)cn1. The van der Waals surface area contributed by atoms with Crippen LogP contribution in [0.2, 0.25) is 0 Å². The predicted molar refractivity (Wildman–Crippen MR) is 75.1 cm³/mol. The molecule has 0 bridgehead atoms. The molecule has 1 aliphatic carbocycles. The minimum absolute atomic E-state index is 0.613. The van der Waals surface area contributed by atoms with Crippen LogP contribution in [0, 0.1) is 0 Å². The molecule has 2 aromatic heterocycles. The lowest BCUT2D eigenvalue weighted by molar-refractivity contribution is 0.404. The van der Waals surface area contributed by atoms with Crippen molar-refractivity contribution in [2.24, 2.45) is 0 Å². The highest BCUT2D eigenvalue weighted by molar-refractivity contribution is 5.49. The highest BCUT2D eigenvalue weighted by Gasteiger charge is 2.27. The van der Waals surface area contributed by atoms with E-state index in [1.165, 1.54) is 36.2 Å². The summed E-state index contributed by atoms with van der Waals surface area (Å²) < 4.78 is 0. The Balaban J connectivity index is 1.84. The summed E-state index contributed by atoms with van der Waals surface area (Å²) >= 11 is 0. The highest BCUT2D eigenvalue weighted by atomic mass is 15.0. The van der Waals surface area contributed by atoms with E-state index in [0.717, 1.165) is 31.0 Å². The van der Waals surface area contributed by atoms with E-state index in [1.54, 1.807) is 18.6 Å². The molecular weight excluding hydrogens is 250 g/mol. The van der Waals surface area contributed by atoms with Gasteiger partial charge in [-0.1, -0.05) is 6.42 Å². The molecule has 1 aliphatic heterocycles. The molecule has 2 aromatic rings. The Labute approximate surface area is 117 Å². The van der Waals surface area contributed by atoms with E-state index in [4.69, 9.17) is 9.97 Å². The van der Waals surface area contributed by atoms with Gasteiger partial charge in [-0.15, -0.1) is 0 Å². The first-order valence-electron chi connectivity index (χ1n) is 7.28. The minimum Gasteiger partial charge on any atom is -0.312 e. The second-order valence-electron chi connectivity index (χ2n) is 5.50. The van der Waals surface area contributed by atoms with Crippen molar-refractivity contribution < 1.29 is 0 Å². The Morgan fingerprint density at radius 1 is 1.15 bits per heavy atom. The van der Waals surface area contributed by atoms with Crippen molar-refractivity contribution in [2.75, 3.05) is 6.54 Å². The quantitative estimate of drug-likeness (QED) is 0.899. The maximum Gasteiger partial charge on any atom is 0.180 e. The van der Waals surface area contributed by atoms with Crippen LogP contribution in [-0.4, -0.2) is 26.5 Å². The smallest absolute Gasteiger partial charge is 0.180 e. The topological polar surface area (TPSA) is 63.6 Å². The molecule has 5 heteroatoms. The molecule has 0 spiro atoms. The highest BCUT2D eigenvalue weighted by Crippen LogP contribution is 2.38. The van der Waals surface area contributed by atoms with Crippen molar-refractivity contribution in [3.05, 3.63) is 35.5 Å². The molecule has 1 N–H and O–H groups in total. The lowest BCUT2D eigenvalue weighted by Crippen LogP contribution is -2.28. The molecule has 0 amide bonds. The van der Waals surface area contributed by atoms with Gasteiger partial charge in [0.15, 0.2) is 5.82 Å². The van der Waals surface area contributed by atoms with Crippen molar-refractivity contribution in [2.45, 2.75) is 38.1 Å². The molecule has 0 radical (unpaired) electrons. The third kappa shape index (κ3) is 1.98. The fourth-order valence-corrected chi connectivity index (χ4v) is 2.92. The van der Waals surface area contributed by atoms with E-state index >= 15 is 0 Å². The van der Waals surface area contributed by atoms with Crippen molar-refractivity contribution in [3.63, 3.8) is 0 Å². The van der Waals surface area contributed by atoms with Gasteiger partial charge < -0.3 is 5.32 Å². The summed E-state index contributed by atoms with van der Waals surface area (Å²) in [5.74, 6) is 1.35. The van der Waals surface area contributed by atoms with Crippen LogP contribution in [0.5, 0.6) is 0 Å². The number of nitrogens with zero attached hydrogens (tertiary/aromatic N) is 4. The number of hydrogen-bond donors (Lipinski definition) is 1. The third-order valence-corrected chi connectivity index (χ3v) is 4.25. The Hall–Kier alpha value is -1.88. The molecular formula is C15H17N5. The van der Waals surface area contributed by atoms with Crippen molar-refractivity contribution in [1.82, 2.24) is 25.3 Å². The normalized spacial score (nSPS) is 18.4.